The van der Waals surface area contributed by atoms with Gasteiger partial charge in [0.2, 0.25) is 0 Å². The third-order valence-electron chi connectivity index (χ3n) is 5.49. The van der Waals surface area contributed by atoms with Crippen LogP contribution >= 0.6 is 24.0 Å². The van der Waals surface area contributed by atoms with Crippen LogP contribution in [0.4, 0.5) is 0 Å². The lowest BCUT2D eigenvalue weighted by Crippen LogP contribution is -2.57. The minimum Gasteiger partial charge on any atom is -0.484 e. The maximum atomic E-state index is 12.2. The Morgan fingerprint density at radius 1 is 1.26 bits per heavy atom. The molecule has 1 aliphatic heterocycles. The largest absolute Gasteiger partial charge is 0.484 e. The third kappa shape index (κ3) is 7.23. The molecule has 10 heteroatoms. The van der Waals surface area contributed by atoms with Crippen LogP contribution in [-0.2, 0) is 21.1 Å². The minimum absolute atomic E-state index is 0. The van der Waals surface area contributed by atoms with Gasteiger partial charge >= 0.3 is 0 Å². The Labute approximate surface area is 202 Å². The Balaban J connectivity index is 0.00000341. The number of sulfone groups is 1. The summed E-state index contributed by atoms with van der Waals surface area (Å²) < 4.78 is 29.1. The summed E-state index contributed by atoms with van der Waals surface area (Å²) >= 11 is 0. The lowest BCUT2D eigenvalue weighted by atomic mass is 10.1. The Bertz CT molecular complexity index is 883. The minimum atomic E-state index is -3.08. The zero-order valence-corrected chi connectivity index (χ0v) is 21.5. The molecular formula is C21H33IN4O4S. The first-order valence-corrected chi connectivity index (χ1v) is 12.0. The molecule has 2 aliphatic rings. The fourth-order valence-electron chi connectivity index (χ4n) is 3.37. The Hall–Kier alpha value is -1.56. The summed E-state index contributed by atoms with van der Waals surface area (Å²) in [6.07, 6.45) is 2.91. The van der Waals surface area contributed by atoms with Gasteiger partial charge in [0.05, 0.1) is 10.5 Å². The maximum absolute atomic E-state index is 12.2. The van der Waals surface area contributed by atoms with Crippen LogP contribution in [0.25, 0.3) is 0 Å². The highest BCUT2D eigenvalue weighted by Gasteiger charge is 2.40. The van der Waals surface area contributed by atoms with Crippen molar-refractivity contribution < 1.29 is 17.9 Å². The van der Waals surface area contributed by atoms with Crippen LogP contribution in [-0.4, -0.2) is 75.0 Å². The quantitative estimate of drug-likeness (QED) is 0.297. The van der Waals surface area contributed by atoms with E-state index in [1.54, 1.807) is 20.9 Å². The molecule has 0 bridgehead atoms. The van der Waals surface area contributed by atoms with Crippen molar-refractivity contribution in [2.75, 3.05) is 39.0 Å². The molecule has 8 nitrogen and oxygen atoms in total. The average Bonchev–Trinajstić information content (AvgIpc) is 3.51. The number of aliphatic imine (C=N–C) groups is 1. The summed E-state index contributed by atoms with van der Waals surface area (Å²) in [5, 5.41) is 6.22. The molecule has 1 aromatic carbocycles. The summed E-state index contributed by atoms with van der Waals surface area (Å²) in [6.45, 7) is 5.12. The van der Waals surface area contributed by atoms with Gasteiger partial charge in [0.1, 0.15) is 5.75 Å². The highest BCUT2D eigenvalue weighted by molar-refractivity contribution is 14.0. The molecule has 2 fully saturated rings. The second-order valence-electron chi connectivity index (χ2n) is 8.50. The molecule has 0 radical (unpaired) electrons. The molecule has 1 amide bonds. The maximum Gasteiger partial charge on any atom is 0.258 e. The first kappa shape index (κ1) is 25.7. The standard InChI is InChI=1S/C21H32N4O4S.HI/c1-21(2)15-25(12-13-30(21,27)28)20(22-3)23-11-10-16-4-8-18(9-5-16)29-14-19(26)24-17-6-7-17;/h4-5,8-9,17H,6-7,10-15H2,1-3H3,(H,22,23)(H,24,26);1H. The van der Waals surface area contributed by atoms with E-state index in [1.807, 2.05) is 29.2 Å². The average molecular weight is 564 g/mol. The van der Waals surface area contributed by atoms with Gasteiger partial charge in [-0.1, -0.05) is 12.1 Å². The van der Waals surface area contributed by atoms with Crippen LogP contribution in [0, 0.1) is 0 Å². The number of guanidine groups is 1. The van der Waals surface area contributed by atoms with Gasteiger partial charge in [-0.15, -0.1) is 24.0 Å². The zero-order chi connectivity index (χ0) is 21.8. The van der Waals surface area contributed by atoms with Crippen LogP contribution in [0.15, 0.2) is 29.3 Å². The summed E-state index contributed by atoms with van der Waals surface area (Å²) in [6, 6.07) is 8.04. The molecule has 31 heavy (non-hydrogen) atoms. The van der Waals surface area contributed by atoms with Gasteiger partial charge in [-0.2, -0.15) is 0 Å². The van der Waals surface area contributed by atoms with Gasteiger partial charge in [-0.3, -0.25) is 9.79 Å². The molecule has 1 saturated carbocycles. The zero-order valence-electron chi connectivity index (χ0n) is 18.4. The summed E-state index contributed by atoms with van der Waals surface area (Å²) in [7, 11) is -1.37. The molecule has 0 aromatic heterocycles. The number of amides is 1. The molecule has 1 saturated heterocycles. The van der Waals surface area contributed by atoms with E-state index >= 15 is 0 Å². The van der Waals surface area contributed by atoms with Crippen molar-refractivity contribution in [1.82, 2.24) is 15.5 Å². The molecule has 0 atom stereocenters. The van der Waals surface area contributed by atoms with Crippen molar-refractivity contribution in [1.29, 1.82) is 0 Å². The lowest BCUT2D eigenvalue weighted by molar-refractivity contribution is -0.123. The molecule has 2 N–H and O–H groups in total. The first-order valence-electron chi connectivity index (χ1n) is 10.4. The third-order valence-corrected chi connectivity index (χ3v) is 8.02. The lowest BCUT2D eigenvalue weighted by Gasteiger charge is -2.39. The molecule has 1 aliphatic carbocycles. The number of ether oxygens (including phenoxy) is 1. The SMILES string of the molecule is CN=C(NCCc1ccc(OCC(=O)NC2CC2)cc1)N1CCS(=O)(=O)C(C)(C)C1.I. The second-order valence-corrected chi connectivity index (χ2v) is 11.2. The predicted molar refractivity (Wildman–Crippen MR) is 133 cm³/mol. The molecule has 0 unspecified atom stereocenters. The van der Waals surface area contributed by atoms with Crippen molar-refractivity contribution in [2.24, 2.45) is 4.99 Å². The number of nitrogens with zero attached hydrogens (tertiary/aromatic N) is 2. The van der Waals surface area contributed by atoms with E-state index in [4.69, 9.17) is 4.74 Å². The van der Waals surface area contributed by atoms with Gasteiger partial charge in [0.15, 0.2) is 22.4 Å². The fourth-order valence-corrected chi connectivity index (χ4v) is 4.74. The summed E-state index contributed by atoms with van der Waals surface area (Å²) in [5.41, 5.74) is 1.13. The van der Waals surface area contributed by atoms with E-state index in [2.05, 4.69) is 15.6 Å². The molecule has 3 rings (SSSR count). The fraction of sp³-hybridized carbons (Fsp3) is 0.619. The highest BCUT2D eigenvalue weighted by Crippen LogP contribution is 2.23. The number of hydrogen-bond donors (Lipinski definition) is 2. The van der Waals surface area contributed by atoms with E-state index < -0.39 is 14.6 Å². The molecule has 174 valence electrons. The van der Waals surface area contributed by atoms with Gasteiger partial charge in [0, 0.05) is 32.7 Å². The Morgan fingerprint density at radius 2 is 1.94 bits per heavy atom. The number of halogens is 1. The van der Waals surface area contributed by atoms with Crippen molar-refractivity contribution >= 4 is 45.7 Å². The van der Waals surface area contributed by atoms with Crippen molar-refractivity contribution in [2.45, 2.75) is 43.9 Å². The van der Waals surface area contributed by atoms with E-state index in [9.17, 15) is 13.2 Å². The van der Waals surface area contributed by atoms with Gasteiger partial charge in [-0.25, -0.2) is 8.42 Å². The number of benzene rings is 1. The van der Waals surface area contributed by atoms with E-state index in [0.717, 1.165) is 30.8 Å². The van der Waals surface area contributed by atoms with Crippen LogP contribution in [0.3, 0.4) is 0 Å². The molecule has 1 heterocycles. The number of rotatable bonds is 7. The summed E-state index contributed by atoms with van der Waals surface area (Å²) in [4.78, 5) is 18.0. The Kier molecular flexibility index (Phi) is 8.99. The van der Waals surface area contributed by atoms with Crippen molar-refractivity contribution in [3.8, 4) is 5.75 Å². The topological polar surface area (TPSA) is 100 Å². The monoisotopic (exact) mass is 564 g/mol. The van der Waals surface area contributed by atoms with Crippen LogP contribution < -0.4 is 15.4 Å². The van der Waals surface area contributed by atoms with Crippen molar-refractivity contribution in [3.63, 3.8) is 0 Å². The number of carbonyl (C=O) groups excluding carboxylic acids is 1. The predicted octanol–water partition coefficient (Wildman–Crippen LogP) is 1.59. The van der Waals surface area contributed by atoms with E-state index in [1.165, 1.54) is 0 Å². The Morgan fingerprint density at radius 3 is 2.52 bits per heavy atom. The number of nitrogens with one attached hydrogen (secondary N) is 2. The smallest absolute Gasteiger partial charge is 0.258 e. The van der Waals surface area contributed by atoms with Gasteiger partial charge < -0.3 is 20.3 Å². The van der Waals surface area contributed by atoms with Crippen molar-refractivity contribution in [3.05, 3.63) is 29.8 Å². The van der Waals surface area contributed by atoms with Crippen LogP contribution in [0.1, 0.15) is 32.3 Å². The molecule has 1 aromatic rings. The normalized spacial score (nSPS) is 19.8. The van der Waals surface area contributed by atoms with E-state index in [-0.39, 0.29) is 42.2 Å². The summed E-state index contributed by atoms with van der Waals surface area (Å²) in [5.74, 6) is 1.46. The second kappa shape index (κ2) is 10.8. The van der Waals surface area contributed by atoms with Crippen LogP contribution in [0.2, 0.25) is 0 Å². The van der Waals surface area contributed by atoms with E-state index in [0.29, 0.717) is 31.4 Å². The number of carbonyl (C=O) groups is 1. The number of hydrogen-bond acceptors (Lipinski definition) is 5. The van der Waals surface area contributed by atoms with Crippen LogP contribution in [0.5, 0.6) is 5.75 Å². The van der Waals surface area contributed by atoms with Gasteiger partial charge in [0.25, 0.3) is 5.91 Å². The highest BCUT2D eigenvalue weighted by atomic mass is 127. The molecule has 0 spiro atoms. The van der Waals surface area contributed by atoms with Gasteiger partial charge in [-0.05, 0) is 50.8 Å². The molecular weight excluding hydrogens is 531 g/mol. The first-order chi connectivity index (χ1) is 14.2.